The van der Waals surface area contributed by atoms with Crippen LogP contribution >= 0.6 is 0 Å². The summed E-state index contributed by atoms with van der Waals surface area (Å²) in [6.07, 6.45) is 3.35. The van der Waals surface area contributed by atoms with Crippen LogP contribution in [0.4, 0.5) is 4.39 Å². The summed E-state index contributed by atoms with van der Waals surface area (Å²) in [5, 5.41) is 11.0. The standard InChI is InChI=1S/C23H29FN4O3S/c1-23(2,29)22-19(14-16-7-9-18(10-8-16)32(30,31)27(3)4)21-20(6-5-13-26-21)28(22)15-17(24)11-12-25/h5-11,13,29H,12,14-15,25H2,1-4H3/b17-11-. The van der Waals surface area contributed by atoms with Crippen molar-refractivity contribution < 1.29 is 17.9 Å². The first kappa shape index (κ1) is 24.1. The molecule has 3 rings (SSSR count). The molecular formula is C23H29FN4O3S. The number of fused-ring (bicyclic) bond motifs is 1. The van der Waals surface area contributed by atoms with Crippen LogP contribution < -0.4 is 5.73 Å². The van der Waals surface area contributed by atoms with Gasteiger partial charge in [-0.1, -0.05) is 12.1 Å². The minimum atomic E-state index is -3.53. The highest BCUT2D eigenvalue weighted by Crippen LogP contribution is 2.35. The molecule has 0 amide bonds. The molecule has 7 nitrogen and oxygen atoms in total. The van der Waals surface area contributed by atoms with Crippen LogP contribution in [0.1, 0.15) is 30.7 Å². The van der Waals surface area contributed by atoms with Crippen LogP contribution in [0.5, 0.6) is 0 Å². The van der Waals surface area contributed by atoms with Gasteiger partial charge < -0.3 is 15.4 Å². The zero-order valence-electron chi connectivity index (χ0n) is 18.7. The quantitative estimate of drug-likeness (QED) is 0.538. The number of halogens is 1. The number of hydrogen-bond donors (Lipinski definition) is 2. The number of rotatable bonds is 8. The van der Waals surface area contributed by atoms with Gasteiger partial charge >= 0.3 is 0 Å². The van der Waals surface area contributed by atoms with Gasteiger partial charge in [0.05, 0.1) is 33.8 Å². The Bertz CT molecular complexity index is 1240. The Hall–Kier alpha value is -2.59. The molecule has 0 fully saturated rings. The first-order valence-corrected chi connectivity index (χ1v) is 11.7. The summed E-state index contributed by atoms with van der Waals surface area (Å²) in [6.45, 7) is 3.31. The molecule has 0 radical (unpaired) electrons. The fourth-order valence-electron chi connectivity index (χ4n) is 3.81. The van der Waals surface area contributed by atoms with Crippen LogP contribution in [-0.2, 0) is 28.6 Å². The van der Waals surface area contributed by atoms with E-state index in [0.717, 1.165) is 15.4 Å². The Kier molecular flexibility index (Phi) is 6.85. The summed E-state index contributed by atoms with van der Waals surface area (Å²) >= 11 is 0. The third kappa shape index (κ3) is 4.75. The highest BCUT2D eigenvalue weighted by atomic mass is 32.2. The summed E-state index contributed by atoms with van der Waals surface area (Å²) in [5.74, 6) is -0.399. The highest BCUT2D eigenvalue weighted by Gasteiger charge is 2.29. The maximum Gasteiger partial charge on any atom is 0.242 e. The van der Waals surface area contributed by atoms with Crippen molar-refractivity contribution in [1.29, 1.82) is 0 Å². The van der Waals surface area contributed by atoms with Gasteiger partial charge in [0.15, 0.2) is 0 Å². The van der Waals surface area contributed by atoms with Gasteiger partial charge in [-0.05, 0) is 49.8 Å². The first-order valence-electron chi connectivity index (χ1n) is 10.2. The number of nitrogens with zero attached hydrogens (tertiary/aromatic N) is 3. The van der Waals surface area contributed by atoms with E-state index in [9.17, 15) is 17.9 Å². The molecule has 1 aromatic carbocycles. The lowest BCUT2D eigenvalue weighted by atomic mass is 9.96. The highest BCUT2D eigenvalue weighted by molar-refractivity contribution is 7.89. The van der Waals surface area contributed by atoms with Crippen LogP contribution in [-0.4, -0.2) is 48.0 Å². The number of sulfonamides is 1. The third-order valence-electron chi connectivity index (χ3n) is 5.23. The molecule has 9 heteroatoms. The van der Waals surface area contributed by atoms with E-state index >= 15 is 0 Å². The molecular weight excluding hydrogens is 431 g/mol. The third-order valence-corrected chi connectivity index (χ3v) is 7.06. The van der Waals surface area contributed by atoms with Crippen molar-refractivity contribution in [2.75, 3.05) is 20.6 Å². The normalized spacial score (nSPS) is 13.3. The smallest absolute Gasteiger partial charge is 0.242 e. The summed E-state index contributed by atoms with van der Waals surface area (Å²) < 4.78 is 42.0. The number of nitrogens with two attached hydrogens (primary N) is 1. The average molecular weight is 461 g/mol. The second-order valence-corrected chi connectivity index (χ2v) is 10.5. The van der Waals surface area contributed by atoms with E-state index in [0.29, 0.717) is 23.1 Å². The van der Waals surface area contributed by atoms with Gasteiger partial charge in [-0.3, -0.25) is 4.98 Å². The van der Waals surface area contributed by atoms with Gasteiger partial charge in [-0.2, -0.15) is 0 Å². The van der Waals surface area contributed by atoms with E-state index in [1.165, 1.54) is 20.2 Å². The molecule has 0 aliphatic heterocycles. The fourth-order valence-corrected chi connectivity index (χ4v) is 4.71. The van der Waals surface area contributed by atoms with Crippen molar-refractivity contribution >= 4 is 21.1 Å². The van der Waals surface area contributed by atoms with Crippen molar-refractivity contribution in [3.63, 3.8) is 0 Å². The van der Waals surface area contributed by atoms with E-state index in [1.807, 2.05) is 6.07 Å². The predicted molar refractivity (Wildman–Crippen MR) is 123 cm³/mol. The molecule has 32 heavy (non-hydrogen) atoms. The van der Waals surface area contributed by atoms with Gasteiger partial charge in [-0.25, -0.2) is 17.1 Å². The maximum atomic E-state index is 14.4. The zero-order valence-corrected chi connectivity index (χ0v) is 19.5. The molecule has 0 atom stereocenters. The lowest BCUT2D eigenvalue weighted by Gasteiger charge is -2.23. The largest absolute Gasteiger partial charge is 0.384 e. The Morgan fingerprint density at radius 1 is 1.25 bits per heavy atom. The van der Waals surface area contributed by atoms with Crippen LogP contribution in [0.25, 0.3) is 11.0 Å². The summed E-state index contributed by atoms with van der Waals surface area (Å²) in [7, 11) is -0.561. The molecule has 3 aromatic rings. The summed E-state index contributed by atoms with van der Waals surface area (Å²) in [5.41, 5.74) is 7.70. The molecule has 0 saturated carbocycles. The minimum absolute atomic E-state index is 0.0707. The SMILES string of the molecule is CN(C)S(=O)(=O)c1ccc(Cc2c(C(C)(C)O)n(C/C(F)=C/CN)c3cccnc23)cc1. The second kappa shape index (κ2) is 9.11. The van der Waals surface area contributed by atoms with E-state index in [2.05, 4.69) is 4.98 Å². The fraction of sp³-hybridized carbons (Fsp3) is 0.348. The topological polar surface area (TPSA) is 101 Å². The zero-order chi connectivity index (χ0) is 23.7. The van der Waals surface area contributed by atoms with Crippen molar-refractivity contribution in [1.82, 2.24) is 13.9 Å². The summed E-state index contributed by atoms with van der Waals surface area (Å²) in [6, 6.07) is 10.2. The van der Waals surface area contributed by atoms with Crippen molar-refractivity contribution in [3.8, 4) is 0 Å². The van der Waals surface area contributed by atoms with E-state index in [-0.39, 0.29) is 18.0 Å². The van der Waals surface area contributed by atoms with Crippen LogP contribution in [0.3, 0.4) is 0 Å². The number of aromatic nitrogens is 2. The van der Waals surface area contributed by atoms with Crippen molar-refractivity contribution in [2.45, 2.75) is 37.3 Å². The molecule has 0 unspecified atom stereocenters. The van der Waals surface area contributed by atoms with Crippen LogP contribution in [0, 0.1) is 0 Å². The van der Waals surface area contributed by atoms with Crippen LogP contribution in [0.15, 0.2) is 59.4 Å². The van der Waals surface area contributed by atoms with Gasteiger partial charge in [-0.15, -0.1) is 0 Å². The number of hydrogen-bond acceptors (Lipinski definition) is 5. The van der Waals surface area contributed by atoms with Crippen LogP contribution in [0.2, 0.25) is 0 Å². The first-order chi connectivity index (χ1) is 15.0. The Labute approximate surface area is 188 Å². The van der Waals surface area contributed by atoms with E-state index in [1.54, 1.807) is 54.9 Å². The van der Waals surface area contributed by atoms with E-state index < -0.39 is 21.5 Å². The average Bonchev–Trinajstić information content (AvgIpc) is 3.02. The molecule has 2 heterocycles. The molecule has 2 aromatic heterocycles. The van der Waals surface area contributed by atoms with Crippen molar-refractivity contribution in [3.05, 3.63) is 71.3 Å². The number of benzene rings is 1. The number of pyridine rings is 1. The van der Waals surface area contributed by atoms with Crippen molar-refractivity contribution in [2.24, 2.45) is 5.73 Å². The minimum Gasteiger partial charge on any atom is -0.384 e. The lowest BCUT2D eigenvalue weighted by molar-refractivity contribution is 0.0694. The molecule has 3 N–H and O–H groups in total. The lowest BCUT2D eigenvalue weighted by Crippen LogP contribution is -2.23. The second-order valence-electron chi connectivity index (χ2n) is 8.34. The monoisotopic (exact) mass is 460 g/mol. The van der Waals surface area contributed by atoms with Gasteiger partial charge in [0.25, 0.3) is 0 Å². The molecule has 0 bridgehead atoms. The Balaban J connectivity index is 2.13. The number of aliphatic hydroxyl groups is 1. The Morgan fingerprint density at radius 3 is 2.47 bits per heavy atom. The van der Waals surface area contributed by atoms with Gasteiger partial charge in [0, 0.05) is 38.8 Å². The Morgan fingerprint density at radius 2 is 1.91 bits per heavy atom. The molecule has 0 aliphatic carbocycles. The molecule has 0 spiro atoms. The van der Waals surface area contributed by atoms with E-state index in [4.69, 9.17) is 5.73 Å². The maximum absolute atomic E-state index is 14.4. The molecule has 0 aliphatic rings. The van der Waals surface area contributed by atoms with Gasteiger partial charge in [0.1, 0.15) is 5.83 Å². The van der Waals surface area contributed by atoms with Gasteiger partial charge in [0.2, 0.25) is 10.0 Å². The molecule has 0 saturated heterocycles. The molecule has 172 valence electrons. The predicted octanol–water partition coefficient (Wildman–Crippen LogP) is 2.92. The number of allylic oxidation sites excluding steroid dienone is 1. The summed E-state index contributed by atoms with van der Waals surface area (Å²) in [4.78, 5) is 4.70.